The molecule has 0 spiro atoms. The normalized spacial score (nSPS) is 24.1. The summed E-state index contributed by atoms with van der Waals surface area (Å²) in [4.78, 5) is 2.41. The number of nitrogens with one attached hydrogen (secondary N) is 1. The molecule has 0 aromatic carbocycles. The average Bonchev–Trinajstić information content (AvgIpc) is 2.41. The van der Waals surface area contributed by atoms with Gasteiger partial charge in [0.2, 0.25) is 10.0 Å². The second-order valence-electron chi connectivity index (χ2n) is 7.42. The SMILES string of the molecule is CC1CC(C)CN(C(C)(C)CNS(=O)(=O)CCCCC#N)C1. The lowest BCUT2D eigenvalue weighted by Crippen LogP contribution is -2.56. The van der Waals surface area contributed by atoms with Crippen LogP contribution in [0.1, 0.15) is 53.4 Å². The standard InChI is InChI=1S/C16H31N3O2S/c1-14-10-15(2)12-19(11-14)16(3,4)13-18-22(20,21)9-7-5-6-8-17/h14-15,18H,5-7,9-13H2,1-4H3. The fraction of sp³-hybridized carbons (Fsp3) is 0.938. The van der Waals surface area contributed by atoms with E-state index in [1.54, 1.807) is 0 Å². The zero-order valence-corrected chi connectivity index (χ0v) is 15.2. The van der Waals surface area contributed by atoms with Crippen molar-refractivity contribution in [2.24, 2.45) is 11.8 Å². The molecule has 0 aromatic rings. The van der Waals surface area contributed by atoms with Crippen LogP contribution in [0.5, 0.6) is 0 Å². The molecular formula is C16H31N3O2S. The van der Waals surface area contributed by atoms with Crippen LogP contribution in [-0.2, 0) is 10.0 Å². The van der Waals surface area contributed by atoms with E-state index in [2.05, 4.69) is 37.3 Å². The van der Waals surface area contributed by atoms with Gasteiger partial charge in [0.25, 0.3) is 0 Å². The largest absolute Gasteiger partial charge is 0.296 e. The summed E-state index contributed by atoms with van der Waals surface area (Å²) in [5.74, 6) is 1.42. The third-order valence-electron chi connectivity index (χ3n) is 4.40. The number of hydrogen-bond acceptors (Lipinski definition) is 4. The predicted molar refractivity (Wildman–Crippen MR) is 89.9 cm³/mol. The Hall–Kier alpha value is -0.640. The predicted octanol–water partition coefficient (Wildman–Crippen LogP) is 2.36. The van der Waals surface area contributed by atoms with Crippen molar-refractivity contribution in [3.05, 3.63) is 0 Å². The molecule has 0 bridgehead atoms. The van der Waals surface area contributed by atoms with E-state index >= 15 is 0 Å². The van der Waals surface area contributed by atoms with Crippen molar-refractivity contribution in [3.8, 4) is 6.07 Å². The summed E-state index contributed by atoms with van der Waals surface area (Å²) in [5.41, 5.74) is -0.178. The zero-order valence-electron chi connectivity index (χ0n) is 14.4. The second kappa shape index (κ2) is 8.28. The summed E-state index contributed by atoms with van der Waals surface area (Å²) in [6.07, 6.45) is 2.85. The molecule has 0 aromatic heterocycles. The Morgan fingerprint density at radius 2 is 1.82 bits per heavy atom. The van der Waals surface area contributed by atoms with E-state index < -0.39 is 10.0 Å². The van der Waals surface area contributed by atoms with E-state index in [4.69, 9.17) is 5.26 Å². The maximum absolute atomic E-state index is 12.0. The van der Waals surface area contributed by atoms with Gasteiger partial charge >= 0.3 is 0 Å². The maximum Gasteiger partial charge on any atom is 0.211 e. The molecular weight excluding hydrogens is 298 g/mol. The van der Waals surface area contributed by atoms with Crippen LogP contribution in [0.15, 0.2) is 0 Å². The Morgan fingerprint density at radius 3 is 2.36 bits per heavy atom. The topological polar surface area (TPSA) is 73.2 Å². The number of likely N-dealkylation sites (tertiary alicyclic amines) is 1. The first-order valence-electron chi connectivity index (χ1n) is 8.25. The molecule has 1 N–H and O–H groups in total. The maximum atomic E-state index is 12.0. The minimum absolute atomic E-state index is 0.109. The van der Waals surface area contributed by atoms with E-state index in [0.717, 1.165) is 13.1 Å². The molecule has 1 saturated heterocycles. The van der Waals surface area contributed by atoms with Gasteiger partial charge in [0.1, 0.15) is 0 Å². The van der Waals surface area contributed by atoms with E-state index in [1.807, 2.05) is 6.07 Å². The summed E-state index contributed by atoms with van der Waals surface area (Å²) in [6.45, 7) is 11.2. The second-order valence-corrected chi connectivity index (χ2v) is 9.35. The summed E-state index contributed by atoms with van der Waals surface area (Å²) in [5, 5.41) is 8.47. The van der Waals surface area contributed by atoms with Gasteiger partial charge in [-0.05, 0) is 44.9 Å². The summed E-state index contributed by atoms with van der Waals surface area (Å²) >= 11 is 0. The van der Waals surface area contributed by atoms with Gasteiger partial charge in [0, 0.05) is 31.6 Å². The van der Waals surface area contributed by atoms with E-state index in [9.17, 15) is 8.42 Å². The van der Waals surface area contributed by atoms with Crippen molar-refractivity contribution in [2.45, 2.75) is 58.9 Å². The molecule has 1 aliphatic heterocycles. The molecule has 6 heteroatoms. The number of unbranched alkanes of at least 4 members (excludes halogenated alkanes) is 2. The highest BCUT2D eigenvalue weighted by molar-refractivity contribution is 7.89. The Morgan fingerprint density at radius 1 is 1.23 bits per heavy atom. The van der Waals surface area contributed by atoms with E-state index in [0.29, 0.717) is 37.6 Å². The van der Waals surface area contributed by atoms with Gasteiger partial charge in [0.15, 0.2) is 0 Å². The number of nitriles is 1. The molecule has 1 fully saturated rings. The molecule has 0 radical (unpaired) electrons. The first kappa shape index (κ1) is 19.4. The smallest absolute Gasteiger partial charge is 0.211 e. The van der Waals surface area contributed by atoms with E-state index in [-0.39, 0.29) is 11.3 Å². The molecule has 0 amide bonds. The lowest BCUT2D eigenvalue weighted by molar-refractivity contribution is 0.0489. The van der Waals surface area contributed by atoms with Crippen molar-refractivity contribution >= 4 is 10.0 Å². The third kappa shape index (κ3) is 6.64. The van der Waals surface area contributed by atoms with Gasteiger partial charge in [-0.25, -0.2) is 13.1 Å². The van der Waals surface area contributed by atoms with Gasteiger partial charge in [0.05, 0.1) is 11.8 Å². The molecule has 1 aliphatic rings. The van der Waals surface area contributed by atoms with Crippen molar-refractivity contribution < 1.29 is 8.42 Å². The molecule has 5 nitrogen and oxygen atoms in total. The number of sulfonamides is 1. The van der Waals surface area contributed by atoms with Gasteiger partial charge in [-0.15, -0.1) is 0 Å². The highest BCUT2D eigenvalue weighted by Gasteiger charge is 2.33. The van der Waals surface area contributed by atoms with Crippen molar-refractivity contribution in [2.75, 3.05) is 25.4 Å². The highest BCUT2D eigenvalue weighted by atomic mass is 32.2. The molecule has 0 saturated carbocycles. The van der Waals surface area contributed by atoms with Crippen LogP contribution in [0, 0.1) is 23.2 Å². The lowest BCUT2D eigenvalue weighted by Gasteiger charge is -2.45. The molecule has 2 atom stereocenters. The summed E-state index contributed by atoms with van der Waals surface area (Å²) in [6, 6.07) is 2.04. The van der Waals surface area contributed by atoms with Crippen LogP contribution in [0.25, 0.3) is 0 Å². The fourth-order valence-electron chi connectivity index (χ4n) is 3.12. The molecule has 1 heterocycles. The third-order valence-corrected chi connectivity index (χ3v) is 5.81. The van der Waals surface area contributed by atoms with Crippen molar-refractivity contribution in [1.29, 1.82) is 5.26 Å². The van der Waals surface area contributed by atoms with Crippen molar-refractivity contribution in [3.63, 3.8) is 0 Å². The minimum Gasteiger partial charge on any atom is -0.296 e. The van der Waals surface area contributed by atoms with Crippen LogP contribution >= 0.6 is 0 Å². The quantitative estimate of drug-likeness (QED) is 0.694. The van der Waals surface area contributed by atoms with Crippen LogP contribution in [0.3, 0.4) is 0 Å². The number of nitrogens with zero attached hydrogens (tertiary/aromatic N) is 2. The first-order chi connectivity index (χ1) is 10.2. The zero-order chi connectivity index (χ0) is 16.8. The number of piperidine rings is 1. The van der Waals surface area contributed by atoms with E-state index in [1.165, 1.54) is 6.42 Å². The van der Waals surface area contributed by atoms with Gasteiger partial charge < -0.3 is 0 Å². The Bertz CT molecular complexity index is 472. The van der Waals surface area contributed by atoms with Crippen LogP contribution in [-0.4, -0.2) is 44.2 Å². The van der Waals surface area contributed by atoms with Gasteiger partial charge in [-0.2, -0.15) is 5.26 Å². The lowest BCUT2D eigenvalue weighted by atomic mass is 9.88. The average molecular weight is 330 g/mol. The Kier molecular flexibility index (Phi) is 7.30. The summed E-state index contributed by atoms with van der Waals surface area (Å²) < 4.78 is 26.8. The molecule has 22 heavy (non-hydrogen) atoms. The summed E-state index contributed by atoms with van der Waals surface area (Å²) in [7, 11) is -3.25. The van der Waals surface area contributed by atoms with Gasteiger partial charge in [-0.3, -0.25) is 4.90 Å². The fourth-order valence-corrected chi connectivity index (χ4v) is 4.43. The molecule has 1 rings (SSSR count). The minimum atomic E-state index is -3.25. The number of hydrogen-bond donors (Lipinski definition) is 1. The molecule has 0 aliphatic carbocycles. The van der Waals surface area contributed by atoms with Gasteiger partial charge in [-0.1, -0.05) is 13.8 Å². The number of rotatable bonds is 8. The molecule has 2 unspecified atom stereocenters. The van der Waals surface area contributed by atoms with Crippen LogP contribution < -0.4 is 4.72 Å². The monoisotopic (exact) mass is 329 g/mol. The first-order valence-corrected chi connectivity index (χ1v) is 9.91. The Labute approximate surface area is 136 Å². The van der Waals surface area contributed by atoms with Crippen LogP contribution in [0.2, 0.25) is 0 Å². The van der Waals surface area contributed by atoms with Crippen molar-refractivity contribution in [1.82, 2.24) is 9.62 Å². The molecule has 128 valence electrons. The highest BCUT2D eigenvalue weighted by Crippen LogP contribution is 2.26. The Balaban J connectivity index is 2.48. The van der Waals surface area contributed by atoms with Crippen LogP contribution in [0.4, 0.5) is 0 Å².